The molecule has 0 unspecified atom stereocenters. The van der Waals surface area contributed by atoms with E-state index in [0.29, 0.717) is 17.9 Å². The molecule has 7 heteroatoms. The van der Waals surface area contributed by atoms with E-state index in [0.717, 1.165) is 0 Å². The monoisotopic (exact) mass is 317 g/mol. The maximum absolute atomic E-state index is 12.4. The van der Waals surface area contributed by atoms with Gasteiger partial charge >= 0.3 is 0 Å². The molecule has 0 bridgehead atoms. The van der Waals surface area contributed by atoms with Crippen molar-refractivity contribution in [1.29, 1.82) is 0 Å². The topological polar surface area (TPSA) is 106 Å². The van der Waals surface area contributed by atoms with Crippen LogP contribution < -0.4 is 10.5 Å². The van der Waals surface area contributed by atoms with Crippen molar-refractivity contribution >= 4 is 21.6 Å². The lowest BCUT2D eigenvalue weighted by atomic mass is 10.1. The summed E-state index contributed by atoms with van der Waals surface area (Å²) >= 11 is 0. The smallest absolute Gasteiger partial charge is 0.282 e. The van der Waals surface area contributed by atoms with Gasteiger partial charge in [0.1, 0.15) is 12.3 Å². The van der Waals surface area contributed by atoms with Crippen LogP contribution in [0.5, 0.6) is 5.75 Å². The molecule has 0 saturated carbocycles. The van der Waals surface area contributed by atoms with Crippen molar-refractivity contribution in [2.24, 2.45) is 4.40 Å². The third kappa shape index (κ3) is 3.23. The number of hydrogen-bond acceptors (Lipinski definition) is 3. The molecule has 0 amide bonds. The Morgan fingerprint density at radius 2 is 2.05 bits per heavy atom. The molecule has 1 aromatic carbocycles. The third-order valence-corrected chi connectivity index (χ3v) is 4.35. The molecule has 0 fully saturated rings. The van der Waals surface area contributed by atoms with Crippen molar-refractivity contribution in [3.05, 3.63) is 59.0 Å². The number of methoxy groups -OCH3 is 1. The summed E-state index contributed by atoms with van der Waals surface area (Å²) in [6.45, 7) is 0.390. The molecule has 2 rings (SSSR count). The standard InChI is InChI=1S/C15H14N3O3S/c1-21-15-7-6-13(8-12(15)10-17)22(19,20)18-14-5-3-2-4-11(14)9-16/h2-8H,10,17H2,1H3/q-1/p+1/b18-14-. The number of hydrogen-bond donors (Lipinski definition) is 1. The van der Waals surface area contributed by atoms with E-state index in [1.165, 1.54) is 31.4 Å². The molecule has 0 aromatic heterocycles. The predicted octanol–water partition coefficient (Wildman–Crippen LogP) is 0.858. The molecule has 114 valence electrons. The predicted molar refractivity (Wildman–Crippen MR) is 84.4 cm³/mol. The van der Waals surface area contributed by atoms with Crippen LogP contribution in [0.15, 0.2) is 57.4 Å². The number of rotatable bonds is 4. The second kappa shape index (κ2) is 6.53. The van der Waals surface area contributed by atoms with E-state index in [1.54, 1.807) is 18.2 Å². The van der Waals surface area contributed by atoms with Gasteiger partial charge in [-0.3, -0.25) is 5.87 Å². The zero-order chi connectivity index (χ0) is 16.2. The minimum Gasteiger partial charge on any atom is -0.763 e. The van der Waals surface area contributed by atoms with Gasteiger partial charge in [-0.05, 0) is 30.4 Å². The van der Waals surface area contributed by atoms with Crippen molar-refractivity contribution in [3.8, 4) is 5.75 Å². The first kappa shape index (κ1) is 15.9. The summed E-state index contributed by atoms with van der Waals surface area (Å²) in [4.78, 5) is 0.0414. The van der Waals surface area contributed by atoms with Crippen LogP contribution in [0.3, 0.4) is 0 Å². The van der Waals surface area contributed by atoms with Gasteiger partial charge in [0.05, 0.1) is 17.7 Å². The summed E-state index contributed by atoms with van der Waals surface area (Å²) < 4.78 is 33.7. The van der Waals surface area contributed by atoms with Crippen LogP contribution in [0.2, 0.25) is 0 Å². The van der Waals surface area contributed by atoms with Crippen LogP contribution in [-0.4, -0.2) is 27.1 Å². The molecule has 1 aliphatic rings. The first-order valence-electron chi connectivity index (χ1n) is 6.45. The van der Waals surface area contributed by atoms with E-state index in [1.807, 2.05) is 5.87 Å². The molecule has 0 saturated heterocycles. The fraction of sp³-hybridized carbons (Fsp3) is 0.133. The molecule has 6 nitrogen and oxygen atoms in total. The molecule has 0 aliphatic heterocycles. The normalized spacial score (nSPS) is 15.9. The summed E-state index contributed by atoms with van der Waals surface area (Å²) in [5, 5.41) is 9.01. The molecule has 3 N–H and O–H groups in total. The third-order valence-electron chi connectivity index (χ3n) is 3.06. The summed E-state index contributed by atoms with van der Waals surface area (Å²) in [6.07, 6.45) is 6.29. The lowest BCUT2D eigenvalue weighted by Gasteiger charge is -2.09. The molecule has 1 aliphatic carbocycles. The second-order valence-electron chi connectivity index (χ2n) is 4.42. The highest BCUT2D eigenvalue weighted by Crippen LogP contribution is 2.23. The van der Waals surface area contributed by atoms with Gasteiger partial charge in [-0.25, -0.2) is 0 Å². The van der Waals surface area contributed by atoms with Gasteiger partial charge in [0, 0.05) is 11.1 Å². The van der Waals surface area contributed by atoms with E-state index in [-0.39, 0.29) is 16.2 Å². The van der Waals surface area contributed by atoms with Gasteiger partial charge in [0.15, 0.2) is 0 Å². The van der Waals surface area contributed by atoms with E-state index in [9.17, 15) is 8.42 Å². The van der Waals surface area contributed by atoms with Gasteiger partial charge in [-0.1, -0.05) is 12.2 Å². The summed E-state index contributed by atoms with van der Waals surface area (Å²) in [5.41, 5.74) is 4.75. The van der Waals surface area contributed by atoms with E-state index < -0.39 is 10.0 Å². The molecule has 22 heavy (non-hydrogen) atoms. The molecular formula is C15H15N3O3S. The number of ether oxygens (including phenoxy) is 1. The molecule has 0 atom stereocenters. The van der Waals surface area contributed by atoms with E-state index >= 15 is 0 Å². The molecule has 0 spiro atoms. The Bertz CT molecular complexity index is 830. The maximum Gasteiger partial charge on any atom is 0.282 e. The van der Waals surface area contributed by atoms with Gasteiger partial charge in [-0.15, -0.1) is 0 Å². The summed E-state index contributed by atoms with van der Waals surface area (Å²) in [6, 6.07) is 4.48. The summed E-state index contributed by atoms with van der Waals surface area (Å²) in [7, 11) is -2.40. The Morgan fingerprint density at radius 3 is 2.68 bits per heavy atom. The zero-order valence-electron chi connectivity index (χ0n) is 12.0. The molecule has 0 heterocycles. The Kier molecular flexibility index (Phi) is 4.72. The first-order valence-corrected chi connectivity index (χ1v) is 7.89. The average Bonchev–Trinajstić information content (AvgIpc) is 2.54. The Balaban J connectivity index is 2.50. The van der Waals surface area contributed by atoms with Crippen LogP contribution in [0.4, 0.5) is 0 Å². The Hall–Kier alpha value is -2.47. The minimum absolute atomic E-state index is 0.0414. The van der Waals surface area contributed by atoms with Gasteiger partial charge in [0.25, 0.3) is 10.0 Å². The highest BCUT2D eigenvalue weighted by molar-refractivity contribution is 7.90. The van der Waals surface area contributed by atoms with Crippen LogP contribution >= 0.6 is 0 Å². The van der Waals surface area contributed by atoms with Gasteiger partial charge < -0.3 is 15.9 Å². The average molecular weight is 317 g/mol. The minimum atomic E-state index is -3.91. The lowest BCUT2D eigenvalue weighted by molar-refractivity contribution is -0.386. The highest BCUT2D eigenvalue weighted by Gasteiger charge is 2.17. The van der Waals surface area contributed by atoms with Crippen molar-refractivity contribution in [3.63, 3.8) is 0 Å². The van der Waals surface area contributed by atoms with E-state index in [2.05, 4.69) is 10.1 Å². The van der Waals surface area contributed by atoms with Crippen LogP contribution in [0.25, 0.3) is 5.41 Å². The summed E-state index contributed by atoms with van der Waals surface area (Å²) in [5.74, 6) is 2.50. The lowest BCUT2D eigenvalue weighted by Crippen LogP contribution is -2.47. The second-order valence-corrected chi connectivity index (χ2v) is 6.02. The number of allylic oxidation sites excluding steroid dienone is 5. The van der Waals surface area contributed by atoms with Crippen molar-refractivity contribution in [2.75, 3.05) is 7.11 Å². The van der Waals surface area contributed by atoms with Crippen LogP contribution in [0.1, 0.15) is 5.56 Å². The van der Waals surface area contributed by atoms with Crippen LogP contribution in [-0.2, 0) is 16.6 Å². The van der Waals surface area contributed by atoms with Gasteiger partial charge in [0.2, 0.25) is 0 Å². The first-order chi connectivity index (χ1) is 10.5. The SMILES string of the molecule is COc1ccc(S(=O)(=O)/N=C2/C=CC=CC2=C=[N-])cc1C[NH3+]. The van der Waals surface area contributed by atoms with Crippen molar-refractivity contribution in [2.45, 2.75) is 11.4 Å². The van der Waals surface area contributed by atoms with Gasteiger partial charge in [-0.2, -0.15) is 12.8 Å². The maximum atomic E-state index is 12.4. The quantitative estimate of drug-likeness (QED) is 0.832. The molecular weight excluding hydrogens is 302 g/mol. The Labute approximate surface area is 128 Å². The number of benzene rings is 1. The number of nitrogens with zero attached hydrogens (tertiary/aromatic N) is 2. The van der Waals surface area contributed by atoms with Crippen molar-refractivity contribution in [1.82, 2.24) is 0 Å². The fourth-order valence-electron chi connectivity index (χ4n) is 1.94. The zero-order valence-corrected chi connectivity index (χ0v) is 12.8. The van der Waals surface area contributed by atoms with Crippen LogP contribution in [0, 0.1) is 0 Å². The number of quaternary nitrogens is 1. The number of sulfonamides is 1. The van der Waals surface area contributed by atoms with E-state index in [4.69, 9.17) is 10.1 Å². The highest BCUT2D eigenvalue weighted by atomic mass is 32.2. The largest absolute Gasteiger partial charge is 0.763 e. The Morgan fingerprint density at radius 1 is 1.32 bits per heavy atom. The fourth-order valence-corrected chi connectivity index (χ4v) is 3.00. The molecule has 1 aromatic rings. The van der Waals surface area contributed by atoms with Crippen molar-refractivity contribution < 1.29 is 18.9 Å². The molecule has 0 radical (unpaired) electrons.